The maximum absolute atomic E-state index is 12.0. The molecule has 0 aliphatic heterocycles. The number of rotatable bonds is 7. The molecule has 33 heavy (non-hydrogen) atoms. The fraction of sp³-hybridized carbons (Fsp3) is 0.440. The van der Waals surface area contributed by atoms with Crippen LogP contribution in [0.5, 0.6) is 0 Å². The molecule has 180 valence electrons. The summed E-state index contributed by atoms with van der Waals surface area (Å²) in [5, 5.41) is 15.3. The first-order chi connectivity index (χ1) is 15.4. The molecule has 0 atom stereocenters. The van der Waals surface area contributed by atoms with Crippen molar-refractivity contribution in [3.63, 3.8) is 0 Å². The number of hydrogen-bond donors (Lipinski definition) is 3. The molecule has 8 heteroatoms. The van der Waals surface area contributed by atoms with Crippen LogP contribution in [0.1, 0.15) is 60.5 Å². The van der Waals surface area contributed by atoms with Gasteiger partial charge in [-0.2, -0.15) is 0 Å². The SMILES string of the molecule is C/C=C\C(=N)c1cccc(-c2csc(NC(=O)CNC(=O)OC(C)(C)C)n2)c1.CCC(C)C. The highest BCUT2D eigenvalue weighted by Crippen LogP contribution is 2.25. The third kappa shape index (κ3) is 11.4. The number of nitrogens with one attached hydrogen (secondary N) is 3. The normalized spacial score (nSPS) is 11.0. The second-order valence-corrected chi connectivity index (χ2v) is 9.60. The standard InChI is InChI=1S/C20H24N4O3S.C5H12/c1-5-7-15(21)13-8-6-9-14(10-13)16-12-28-18(23-16)24-17(25)11-22-19(26)27-20(2,3)4;1-4-5(2)3/h5-10,12,21H,11H2,1-4H3,(H,22,26)(H,23,24,25);5H,4H2,1-3H3/b7-5-,21-15?;. The Morgan fingerprint density at radius 1 is 1.27 bits per heavy atom. The van der Waals surface area contributed by atoms with Gasteiger partial charge in [0.1, 0.15) is 12.1 Å². The first-order valence-electron chi connectivity index (χ1n) is 11.0. The van der Waals surface area contributed by atoms with Crippen LogP contribution in [0.25, 0.3) is 11.3 Å². The van der Waals surface area contributed by atoms with Gasteiger partial charge in [-0.25, -0.2) is 9.78 Å². The Kier molecular flexibility index (Phi) is 11.5. The van der Waals surface area contributed by atoms with Crippen LogP contribution in [0.2, 0.25) is 0 Å². The number of anilines is 1. The van der Waals surface area contributed by atoms with Gasteiger partial charge in [-0.05, 0) is 45.8 Å². The molecule has 1 aromatic heterocycles. The molecule has 0 unspecified atom stereocenters. The lowest BCUT2D eigenvalue weighted by molar-refractivity contribution is -0.115. The highest BCUT2D eigenvalue weighted by atomic mass is 32.1. The zero-order valence-electron chi connectivity index (χ0n) is 20.6. The van der Waals surface area contributed by atoms with Crippen LogP contribution in [-0.2, 0) is 9.53 Å². The van der Waals surface area contributed by atoms with Gasteiger partial charge < -0.3 is 20.8 Å². The number of amides is 2. The third-order valence-electron chi connectivity index (χ3n) is 4.16. The summed E-state index contributed by atoms with van der Waals surface area (Å²) in [6, 6.07) is 7.51. The molecule has 0 saturated heterocycles. The van der Waals surface area contributed by atoms with Crippen molar-refractivity contribution in [1.82, 2.24) is 10.3 Å². The van der Waals surface area contributed by atoms with E-state index < -0.39 is 17.6 Å². The zero-order chi connectivity index (χ0) is 25.0. The Morgan fingerprint density at radius 2 is 1.94 bits per heavy atom. The van der Waals surface area contributed by atoms with Crippen LogP contribution >= 0.6 is 11.3 Å². The van der Waals surface area contributed by atoms with E-state index in [-0.39, 0.29) is 6.54 Å². The Labute approximate surface area is 201 Å². The van der Waals surface area contributed by atoms with Gasteiger partial charge in [-0.3, -0.25) is 4.79 Å². The predicted molar refractivity (Wildman–Crippen MR) is 137 cm³/mol. The summed E-state index contributed by atoms with van der Waals surface area (Å²) in [6.07, 6.45) is 4.20. The number of alkyl carbamates (subject to hydrolysis) is 1. The Balaban J connectivity index is 0.000000981. The summed E-state index contributed by atoms with van der Waals surface area (Å²) in [5.41, 5.74) is 2.14. The highest BCUT2D eigenvalue weighted by Gasteiger charge is 2.17. The van der Waals surface area contributed by atoms with Crippen molar-refractivity contribution in [2.75, 3.05) is 11.9 Å². The van der Waals surface area contributed by atoms with E-state index in [1.807, 2.05) is 42.6 Å². The molecule has 0 bridgehead atoms. The number of allylic oxidation sites excluding steroid dienone is 2. The van der Waals surface area contributed by atoms with E-state index in [0.29, 0.717) is 16.5 Å². The Hall–Kier alpha value is -3.00. The lowest BCUT2D eigenvalue weighted by atomic mass is 10.0. The molecule has 0 saturated carbocycles. The van der Waals surface area contributed by atoms with Crippen molar-refractivity contribution >= 4 is 34.2 Å². The summed E-state index contributed by atoms with van der Waals surface area (Å²) < 4.78 is 5.08. The molecule has 0 aliphatic rings. The van der Waals surface area contributed by atoms with Crippen molar-refractivity contribution in [2.24, 2.45) is 5.92 Å². The van der Waals surface area contributed by atoms with Crippen molar-refractivity contribution in [3.05, 3.63) is 47.4 Å². The smallest absolute Gasteiger partial charge is 0.408 e. The van der Waals surface area contributed by atoms with Crippen LogP contribution in [-0.4, -0.2) is 34.8 Å². The van der Waals surface area contributed by atoms with E-state index in [0.717, 1.165) is 17.0 Å². The zero-order valence-corrected chi connectivity index (χ0v) is 21.4. The maximum atomic E-state index is 12.0. The number of benzene rings is 1. The van der Waals surface area contributed by atoms with Gasteiger partial charge in [0.25, 0.3) is 0 Å². The fourth-order valence-electron chi connectivity index (χ4n) is 2.20. The van der Waals surface area contributed by atoms with Gasteiger partial charge in [0.15, 0.2) is 5.13 Å². The quantitative estimate of drug-likeness (QED) is 0.413. The van der Waals surface area contributed by atoms with E-state index >= 15 is 0 Å². The number of carbonyl (C=O) groups excluding carboxylic acids is 2. The average Bonchev–Trinajstić information content (AvgIpc) is 3.20. The monoisotopic (exact) mass is 472 g/mol. The summed E-state index contributed by atoms with van der Waals surface area (Å²) in [5.74, 6) is 0.491. The number of thiazole rings is 1. The minimum Gasteiger partial charge on any atom is -0.444 e. The van der Waals surface area contributed by atoms with Gasteiger partial charge in [0, 0.05) is 16.5 Å². The number of nitrogens with zero attached hydrogens (tertiary/aromatic N) is 1. The first-order valence-corrected chi connectivity index (χ1v) is 11.9. The molecule has 0 aliphatic carbocycles. The van der Waals surface area contributed by atoms with Gasteiger partial charge in [0.05, 0.1) is 11.4 Å². The number of aromatic nitrogens is 1. The topological polar surface area (TPSA) is 104 Å². The molecule has 7 nitrogen and oxygen atoms in total. The van der Waals surface area contributed by atoms with E-state index in [4.69, 9.17) is 10.1 Å². The molecule has 1 heterocycles. The lowest BCUT2D eigenvalue weighted by Crippen LogP contribution is -2.37. The van der Waals surface area contributed by atoms with Crippen molar-refractivity contribution in [1.29, 1.82) is 5.41 Å². The first kappa shape index (κ1) is 28.0. The summed E-state index contributed by atoms with van der Waals surface area (Å²) >= 11 is 1.29. The van der Waals surface area contributed by atoms with E-state index in [1.54, 1.807) is 26.8 Å². The number of ether oxygens (including phenoxy) is 1. The average molecular weight is 473 g/mol. The molecular formula is C25H36N4O3S. The van der Waals surface area contributed by atoms with Crippen LogP contribution in [0.3, 0.4) is 0 Å². The van der Waals surface area contributed by atoms with Gasteiger partial charge in [-0.15, -0.1) is 11.3 Å². The van der Waals surface area contributed by atoms with Crippen LogP contribution in [0.15, 0.2) is 41.8 Å². The van der Waals surface area contributed by atoms with Gasteiger partial charge >= 0.3 is 6.09 Å². The van der Waals surface area contributed by atoms with Crippen LogP contribution in [0, 0.1) is 11.3 Å². The summed E-state index contributed by atoms with van der Waals surface area (Å²) in [6.45, 7) is 13.5. The molecule has 1 aromatic carbocycles. The summed E-state index contributed by atoms with van der Waals surface area (Å²) in [7, 11) is 0. The van der Waals surface area contributed by atoms with E-state index in [9.17, 15) is 9.59 Å². The molecule has 0 fully saturated rings. The minimum atomic E-state index is -0.650. The van der Waals surface area contributed by atoms with E-state index in [2.05, 4.69) is 36.4 Å². The van der Waals surface area contributed by atoms with Crippen LogP contribution < -0.4 is 10.6 Å². The maximum Gasteiger partial charge on any atom is 0.408 e. The molecule has 0 radical (unpaired) electrons. The largest absolute Gasteiger partial charge is 0.444 e. The third-order valence-corrected chi connectivity index (χ3v) is 4.92. The predicted octanol–water partition coefficient (Wildman–Crippen LogP) is 6.27. The second-order valence-electron chi connectivity index (χ2n) is 8.74. The Morgan fingerprint density at radius 3 is 2.52 bits per heavy atom. The molecule has 2 aromatic rings. The molecule has 3 N–H and O–H groups in total. The van der Waals surface area contributed by atoms with Crippen molar-refractivity contribution < 1.29 is 14.3 Å². The van der Waals surface area contributed by atoms with Crippen molar-refractivity contribution in [3.8, 4) is 11.3 Å². The fourth-order valence-corrected chi connectivity index (χ4v) is 2.94. The van der Waals surface area contributed by atoms with Gasteiger partial charge in [0.2, 0.25) is 5.91 Å². The van der Waals surface area contributed by atoms with Crippen molar-refractivity contribution in [2.45, 2.75) is 60.5 Å². The lowest BCUT2D eigenvalue weighted by Gasteiger charge is -2.19. The number of hydrogen-bond acceptors (Lipinski definition) is 6. The second kappa shape index (κ2) is 13.5. The van der Waals surface area contributed by atoms with Crippen LogP contribution in [0.4, 0.5) is 9.93 Å². The molecular weight excluding hydrogens is 436 g/mol. The Bertz CT molecular complexity index is 959. The van der Waals surface area contributed by atoms with E-state index in [1.165, 1.54) is 17.8 Å². The molecule has 0 spiro atoms. The molecule has 2 rings (SSSR count). The summed E-state index contributed by atoms with van der Waals surface area (Å²) in [4.78, 5) is 28.0. The number of carbonyl (C=O) groups is 2. The molecule has 2 amide bonds. The minimum absolute atomic E-state index is 0.209. The van der Waals surface area contributed by atoms with Gasteiger partial charge in [-0.1, -0.05) is 51.5 Å². The highest BCUT2D eigenvalue weighted by molar-refractivity contribution is 7.14.